The van der Waals surface area contributed by atoms with E-state index >= 15 is 0 Å². The molecule has 0 spiro atoms. The van der Waals surface area contributed by atoms with Gasteiger partial charge in [-0.15, -0.1) is 0 Å². The van der Waals surface area contributed by atoms with Crippen LogP contribution in [0.4, 0.5) is 5.69 Å². The van der Waals surface area contributed by atoms with E-state index in [1.807, 2.05) is 30.3 Å². The SMILES string of the molecule is Cc1ccc(CNCCS(=O)(=O)NCc2ccccc2)cc1[N+](=O)[O-]. The zero-order valence-electron chi connectivity index (χ0n) is 13.9. The molecule has 0 aliphatic heterocycles. The zero-order valence-corrected chi connectivity index (χ0v) is 14.8. The number of sulfonamides is 1. The van der Waals surface area contributed by atoms with Crippen LogP contribution in [0.5, 0.6) is 0 Å². The maximum atomic E-state index is 12.0. The molecule has 0 aromatic heterocycles. The molecule has 0 radical (unpaired) electrons. The van der Waals surface area contributed by atoms with Gasteiger partial charge in [0.2, 0.25) is 10.0 Å². The molecule has 0 heterocycles. The van der Waals surface area contributed by atoms with Gasteiger partial charge in [0.15, 0.2) is 0 Å². The predicted molar refractivity (Wildman–Crippen MR) is 96.6 cm³/mol. The van der Waals surface area contributed by atoms with Crippen molar-refractivity contribution in [1.29, 1.82) is 0 Å². The fourth-order valence-corrected chi connectivity index (χ4v) is 3.21. The Hall–Kier alpha value is -2.29. The van der Waals surface area contributed by atoms with E-state index in [9.17, 15) is 18.5 Å². The summed E-state index contributed by atoms with van der Waals surface area (Å²) in [6.07, 6.45) is 0. The molecule has 0 fully saturated rings. The second-order valence-electron chi connectivity index (χ2n) is 5.68. The quantitative estimate of drug-likeness (QED) is 0.404. The largest absolute Gasteiger partial charge is 0.312 e. The second-order valence-corrected chi connectivity index (χ2v) is 7.61. The van der Waals surface area contributed by atoms with Crippen LogP contribution in [-0.2, 0) is 23.1 Å². The highest BCUT2D eigenvalue weighted by Gasteiger charge is 2.12. The summed E-state index contributed by atoms with van der Waals surface area (Å²) in [5.74, 6) is -0.0617. The number of nitro groups is 1. The summed E-state index contributed by atoms with van der Waals surface area (Å²) in [6.45, 7) is 2.56. The van der Waals surface area contributed by atoms with E-state index in [1.54, 1.807) is 19.1 Å². The van der Waals surface area contributed by atoms with E-state index in [1.165, 1.54) is 6.07 Å². The number of hydrogen-bond acceptors (Lipinski definition) is 5. The van der Waals surface area contributed by atoms with Crippen LogP contribution < -0.4 is 10.0 Å². The van der Waals surface area contributed by atoms with Crippen molar-refractivity contribution < 1.29 is 13.3 Å². The van der Waals surface area contributed by atoms with Crippen molar-refractivity contribution in [2.75, 3.05) is 12.3 Å². The Labute approximate surface area is 147 Å². The predicted octanol–water partition coefficient (Wildman–Crippen LogP) is 2.11. The third-order valence-electron chi connectivity index (χ3n) is 3.69. The number of nitro benzene ring substituents is 1. The van der Waals surface area contributed by atoms with Gasteiger partial charge in [0.05, 0.1) is 10.7 Å². The first-order valence-electron chi connectivity index (χ1n) is 7.83. The van der Waals surface area contributed by atoms with Gasteiger partial charge in [-0.05, 0) is 18.1 Å². The van der Waals surface area contributed by atoms with E-state index in [2.05, 4.69) is 10.0 Å². The summed E-state index contributed by atoms with van der Waals surface area (Å²) in [7, 11) is -3.38. The molecule has 8 heteroatoms. The van der Waals surface area contributed by atoms with Gasteiger partial charge in [-0.3, -0.25) is 10.1 Å². The molecular weight excluding hydrogens is 342 g/mol. The molecule has 2 rings (SSSR count). The topological polar surface area (TPSA) is 101 Å². The molecule has 2 aromatic carbocycles. The van der Waals surface area contributed by atoms with Crippen molar-refractivity contribution in [2.45, 2.75) is 20.0 Å². The number of nitrogens with one attached hydrogen (secondary N) is 2. The highest BCUT2D eigenvalue weighted by atomic mass is 32.2. The fraction of sp³-hybridized carbons (Fsp3) is 0.294. The van der Waals surface area contributed by atoms with E-state index in [0.29, 0.717) is 12.1 Å². The first kappa shape index (κ1) is 19.0. The number of rotatable bonds is 9. The number of benzene rings is 2. The first-order chi connectivity index (χ1) is 11.9. The molecule has 0 amide bonds. The second kappa shape index (κ2) is 8.70. The van der Waals surface area contributed by atoms with Gasteiger partial charge in [0, 0.05) is 31.3 Å². The van der Waals surface area contributed by atoms with Crippen molar-refractivity contribution in [1.82, 2.24) is 10.0 Å². The molecule has 0 saturated heterocycles. The third-order valence-corrected chi connectivity index (χ3v) is 5.01. The lowest BCUT2D eigenvalue weighted by atomic mass is 10.1. The maximum absolute atomic E-state index is 12.0. The van der Waals surface area contributed by atoms with Gasteiger partial charge in [-0.2, -0.15) is 0 Å². The van der Waals surface area contributed by atoms with Crippen LogP contribution in [0.2, 0.25) is 0 Å². The lowest BCUT2D eigenvalue weighted by molar-refractivity contribution is -0.385. The van der Waals surface area contributed by atoms with Crippen LogP contribution in [0.25, 0.3) is 0 Å². The summed E-state index contributed by atoms with van der Waals surface area (Å²) in [5.41, 5.74) is 2.30. The Morgan fingerprint density at radius 1 is 1.04 bits per heavy atom. The minimum atomic E-state index is -3.38. The Balaban J connectivity index is 1.78. The molecule has 25 heavy (non-hydrogen) atoms. The zero-order chi connectivity index (χ0) is 18.3. The van der Waals surface area contributed by atoms with Crippen LogP contribution in [0, 0.1) is 17.0 Å². The van der Waals surface area contributed by atoms with Crippen molar-refractivity contribution in [3.63, 3.8) is 0 Å². The summed E-state index contributed by atoms with van der Waals surface area (Å²) in [6, 6.07) is 14.3. The van der Waals surface area contributed by atoms with Gasteiger partial charge in [-0.1, -0.05) is 42.5 Å². The van der Waals surface area contributed by atoms with Crippen LogP contribution in [0.1, 0.15) is 16.7 Å². The molecule has 7 nitrogen and oxygen atoms in total. The maximum Gasteiger partial charge on any atom is 0.272 e. The lowest BCUT2D eigenvalue weighted by Gasteiger charge is -2.08. The summed E-state index contributed by atoms with van der Waals surface area (Å²) in [4.78, 5) is 10.5. The number of aryl methyl sites for hydroxylation is 1. The normalized spacial score (nSPS) is 11.4. The van der Waals surface area contributed by atoms with E-state index in [0.717, 1.165) is 11.1 Å². The molecule has 0 aliphatic carbocycles. The van der Waals surface area contributed by atoms with Crippen molar-refractivity contribution in [3.8, 4) is 0 Å². The summed E-state index contributed by atoms with van der Waals surface area (Å²) in [5, 5.41) is 13.9. The van der Waals surface area contributed by atoms with Gasteiger partial charge >= 0.3 is 0 Å². The minimum Gasteiger partial charge on any atom is -0.312 e. The molecule has 2 N–H and O–H groups in total. The average molecular weight is 363 g/mol. The minimum absolute atomic E-state index is 0.0617. The van der Waals surface area contributed by atoms with Crippen LogP contribution in [-0.4, -0.2) is 25.6 Å². The molecule has 0 aliphatic rings. The van der Waals surface area contributed by atoms with E-state index < -0.39 is 14.9 Å². The van der Waals surface area contributed by atoms with Crippen LogP contribution in [0.3, 0.4) is 0 Å². The Kier molecular flexibility index (Phi) is 6.63. The molecular formula is C17H21N3O4S. The highest BCUT2D eigenvalue weighted by Crippen LogP contribution is 2.18. The van der Waals surface area contributed by atoms with Crippen LogP contribution >= 0.6 is 0 Å². The van der Waals surface area contributed by atoms with Crippen molar-refractivity contribution in [2.24, 2.45) is 0 Å². The van der Waals surface area contributed by atoms with Gasteiger partial charge in [0.25, 0.3) is 5.69 Å². The standard InChI is InChI=1S/C17H21N3O4S/c1-14-7-8-16(11-17(14)20(21)22)12-18-9-10-25(23,24)19-13-15-5-3-2-4-6-15/h2-8,11,18-19H,9-10,12-13H2,1H3. The Morgan fingerprint density at radius 3 is 2.44 bits per heavy atom. The van der Waals surface area contributed by atoms with Crippen molar-refractivity contribution >= 4 is 15.7 Å². The van der Waals surface area contributed by atoms with E-state index in [4.69, 9.17) is 0 Å². The fourth-order valence-electron chi connectivity index (χ4n) is 2.26. The Morgan fingerprint density at radius 2 is 1.76 bits per heavy atom. The molecule has 0 atom stereocenters. The third kappa shape index (κ3) is 6.26. The molecule has 134 valence electrons. The van der Waals surface area contributed by atoms with E-state index in [-0.39, 0.29) is 24.5 Å². The average Bonchev–Trinajstić information content (AvgIpc) is 2.59. The van der Waals surface area contributed by atoms with Gasteiger partial charge in [0.1, 0.15) is 0 Å². The molecule has 0 bridgehead atoms. The Bertz CT molecular complexity index is 823. The first-order valence-corrected chi connectivity index (χ1v) is 9.48. The molecule has 0 unspecified atom stereocenters. The highest BCUT2D eigenvalue weighted by molar-refractivity contribution is 7.89. The smallest absolute Gasteiger partial charge is 0.272 e. The van der Waals surface area contributed by atoms with Crippen LogP contribution in [0.15, 0.2) is 48.5 Å². The summed E-state index contributed by atoms with van der Waals surface area (Å²) < 4.78 is 26.5. The number of hydrogen-bond donors (Lipinski definition) is 2. The van der Waals surface area contributed by atoms with Gasteiger partial charge in [-0.25, -0.2) is 13.1 Å². The number of nitrogens with zero attached hydrogens (tertiary/aromatic N) is 1. The van der Waals surface area contributed by atoms with Gasteiger partial charge < -0.3 is 5.32 Å². The summed E-state index contributed by atoms with van der Waals surface area (Å²) >= 11 is 0. The molecule has 2 aromatic rings. The van der Waals surface area contributed by atoms with Crippen molar-refractivity contribution in [3.05, 3.63) is 75.3 Å². The lowest BCUT2D eigenvalue weighted by Crippen LogP contribution is -2.31. The molecule has 0 saturated carbocycles. The monoisotopic (exact) mass is 363 g/mol.